The maximum Gasteiger partial charge on any atom is 0.235 e. The second-order valence-corrected chi connectivity index (χ2v) is 10.3. The fourth-order valence-electron chi connectivity index (χ4n) is 5.18. The summed E-state index contributed by atoms with van der Waals surface area (Å²) in [7, 11) is 0. The van der Waals surface area contributed by atoms with E-state index >= 15 is 0 Å². The second-order valence-electron chi connectivity index (χ2n) is 10.3. The zero-order chi connectivity index (χ0) is 26.8. The van der Waals surface area contributed by atoms with Crippen molar-refractivity contribution in [3.05, 3.63) is 107 Å². The molecule has 2 heterocycles. The van der Waals surface area contributed by atoms with Crippen molar-refractivity contribution >= 4 is 17.4 Å². The second kappa shape index (κ2) is 10.4. The van der Waals surface area contributed by atoms with E-state index in [2.05, 4.69) is 10.3 Å². The van der Waals surface area contributed by atoms with Crippen LogP contribution in [0.4, 0.5) is 5.69 Å². The van der Waals surface area contributed by atoms with Crippen LogP contribution in [0.3, 0.4) is 0 Å². The summed E-state index contributed by atoms with van der Waals surface area (Å²) in [5.41, 5.74) is 6.01. The van der Waals surface area contributed by atoms with Crippen LogP contribution >= 0.6 is 0 Å². The number of fused-ring (bicyclic) bond motifs is 1. The van der Waals surface area contributed by atoms with Crippen molar-refractivity contribution in [2.24, 2.45) is 0 Å². The Kier molecular flexibility index (Phi) is 6.61. The SMILES string of the molecule is Cc1ccc(NC(=O)C2(c3ccc4c(c3)OCO4)CC2)cc1-c1ccc(C(=O)CCCc2ccccn2)cc1. The molecule has 1 fully saturated rings. The zero-order valence-corrected chi connectivity index (χ0v) is 21.9. The highest BCUT2D eigenvalue weighted by atomic mass is 16.7. The van der Waals surface area contributed by atoms with E-state index in [1.165, 1.54) is 0 Å². The first-order valence-corrected chi connectivity index (χ1v) is 13.4. The van der Waals surface area contributed by atoms with Crippen LogP contribution in [0.15, 0.2) is 85.1 Å². The number of nitrogens with zero attached hydrogens (tertiary/aromatic N) is 1. The van der Waals surface area contributed by atoms with Gasteiger partial charge in [-0.1, -0.05) is 42.5 Å². The molecule has 1 aromatic heterocycles. The lowest BCUT2D eigenvalue weighted by Crippen LogP contribution is -2.27. The molecular weight excluding hydrogens is 488 g/mol. The van der Waals surface area contributed by atoms with Crippen molar-refractivity contribution in [3.8, 4) is 22.6 Å². The van der Waals surface area contributed by atoms with Crippen molar-refractivity contribution in [1.29, 1.82) is 0 Å². The van der Waals surface area contributed by atoms with Gasteiger partial charge in [0.25, 0.3) is 0 Å². The molecule has 0 bridgehead atoms. The van der Waals surface area contributed by atoms with Gasteiger partial charge in [0, 0.05) is 29.6 Å². The molecule has 1 N–H and O–H groups in total. The number of ketones is 1. The molecule has 0 saturated heterocycles. The van der Waals surface area contributed by atoms with Crippen molar-refractivity contribution < 1.29 is 19.1 Å². The van der Waals surface area contributed by atoms with Gasteiger partial charge in [0.2, 0.25) is 12.7 Å². The molecule has 0 spiro atoms. The summed E-state index contributed by atoms with van der Waals surface area (Å²) in [5, 5.41) is 3.14. The Hall–Kier alpha value is -4.45. The normalized spacial score (nSPS) is 14.6. The van der Waals surface area contributed by atoms with E-state index in [0.29, 0.717) is 17.7 Å². The number of hydrogen-bond donors (Lipinski definition) is 1. The van der Waals surface area contributed by atoms with Gasteiger partial charge in [-0.3, -0.25) is 14.6 Å². The van der Waals surface area contributed by atoms with Gasteiger partial charge in [0.1, 0.15) is 0 Å². The molecule has 6 heteroatoms. The van der Waals surface area contributed by atoms with Gasteiger partial charge in [-0.25, -0.2) is 0 Å². The predicted octanol–water partition coefficient (Wildman–Crippen LogP) is 6.66. The summed E-state index contributed by atoms with van der Waals surface area (Å²) >= 11 is 0. The Bertz CT molecular complexity index is 1530. The van der Waals surface area contributed by atoms with Gasteiger partial charge in [-0.2, -0.15) is 0 Å². The molecule has 1 amide bonds. The Morgan fingerprint density at radius 3 is 2.51 bits per heavy atom. The first-order chi connectivity index (χ1) is 19.0. The molecular formula is C33H30N2O4. The lowest BCUT2D eigenvalue weighted by Gasteiger charge is -2.17. The number of carbonyl (C=O) groups excluding carboxylic acids is 2. The van der Waals surface area contributed by atoms with E-state index < -0.39 is 5.41 Å². The fourth-order valence-corrected chi connectivity index (χ4v) is 5.18. The number of rotatable bonds is 9. The number of nitrogens with one attached hydrogen (secondary N) is 1. The molecule has 6 rings (SSSR count). The fraction of sp³-hybridized carbons (Fsp3) is 0.242. The van der Waals surface area contributed by atoms with Crippen LogP contribution in [0, 0.1) is 6.92 Å². The Morgan fingerprint density at radius 1 is 0.923 bits per heavy atom. The Morgan fingerprint density at radius 2 is 1.74 bits per heavy atom. The maximum atomic E-state index is 13.4. The molecule has 1 saturated carbocycles. The topological polar surface area (TPSA) is 77.5 Å². The average molecular weight is 519 g/mol. The first-order valence-electron chi connectivity index (χ1n) is 13.4. The van der Waals surface area contributed by atoms with Gasteiger partial charge < -0.3 is 14.8 Å². The average Bonchev–Trinajstić information content (AvgIpc) is 3.65. The molecule has 0 atom stereocenters. The van der Waals surface area contributed by atoms with Crippen LogP contribution in [0.2, 0.25) is 0 Å². The van der Waals surface area contributed by atoms with Crippen molar-refractivity contribution in [1.82, 2.24) is 4.98 Å². The van der Waals surface area contributed by atoms with E-state index in [1.54, 1.807) is 6.20 Å². The van der Waals surface area contributed by atoms with Gasteiger partial charge in [0.05, 0.1) is 5.41 Å². The maximum absolute atomic E-state index is 13.4. The number of anilines is 1. The number of amides is 1. The van der Waals surface area contributed by atoms with Crippen LogP contribution in [0.5, 0.6) is 11.5 Å². The van der Waals surface area contributed by atoms with E-state index in [9.17, 15) is 9.59 Å². The van der Waals surface area contributed by atoms with Gasteiger partial charge in [-0.15, -0.1) is 0 Å². The van der Waals surface area contributed by atoms with E-state index in [-0.39, 0.29) is 18.5 Å². The van der Waals surface area contributed by atoms with Crippen LogP contribution in [0.25, 0.3) is 11.1 Å². The molecule has 2 aliphatic rings. The van der Waals surface area contributed by atoms with Gasteiger partial charge >= 0.3 is 0 Å². The Balaban J connectivity index is 1.12. The quantitative estimate of drug-likeness (QED) is 0.251. The monoisotopic (exact) mass is 518 g/mol. The van der Waals surface area contributed by atoms with E-state index in [4.69, 9.17) is 9.47 Å². The van der Waals surface area contributed by atoms with Gasteiger partial charge in [0.15, 0.2) is 17.3 Å². The van der Waals surface area contributed by atoms with Crippen LogP contribution in [-0.4, -0.2) is 23.5 Å². The highest BCUT2D eigenvalue weighted by Crippen LogP contribution is 2.51. The summed E-state index contributed by atoms with van der Waals surface area (Å²) in [4.78, 5) is 30.4. The molecule has 3 aromatic carbocycles. The van der Waals surface area contributed by atoms with E-state index in [1.807, 2.05) is 85.8 Å². The zero-order valence-electron chi connectivity index (χ0n) is 21.9. The summed E-state index contributed by atoms with van der Waals surface area (Å²) in [6.07, 6.45) is 5.43. The number of benzene rings is 3. The largest absolute Gasteiger partial charge is 0.454 e. The van der Waals surface area contributed by atoms with Crippen LogP contribution in [0.1, 0.15) is 52.9 Å². The highest BCUT2D eigenvalue weighted by Gasteiger charge is 2.51. The summed E-state index contributed by atoms with van der Waals surface area (Å²) in [6, 6.07) is 25.3. The molecule has 6 nitrogen and oxygen atoms in total. The highest BCUT2D eigenvalue weighted by molar-refractivity contribution is 6.02. The summed E-state index contributed by atoms with van der Waals surface area (Å²) < 4.78 is 10.9. The summed E-state index contributed by atoms with van der Waals surface area (Å²) in [6.45, 7) is 2.26. The molecule has 1 aliphatic carbocycles. The summed E-state index contributed by atoms with van der Waals surface area (Å²) in [5.74, 6) is 1.53. The number of Topliss-reactive ketones (excluding diaryl/α,β-unsaturated/α-hetero) is 1. The van der Waals surface area contributed by atoms with Crippen molar-refractivity contribution in [2.75, 3.05) is 12.1 Å². The third-order valence-corrected chi connectivity index (χ3v) is 7.69. The van der Waals surface area contributed by atoms with Gasteiger partial charge in [-0.05, 0) is 91.3 Å². The van der Waals surface area contributed by atoms with Crippen LogP contribution in [-0.2, 0) is 16.6 Å². The Labute approximate surface area is 228 Å². The minimum absolute atomic E-state index is 0.0113. The minimum atomic E-state index is -0.537. The number of carbonyl (C=O) groups is 2. The molecule has 4 aromatic rings. The van der Waals surface area contributed by atoms with Crippen LogP contribution < -0.4 is 14.8 Å². The van der Waals surface area contributed by atoms with E-state index in [0.717, 1.165) is 65.1 Å². The smallest absolute Gasteiger partial charge is 0.235 e. The standard InChI is InChI=1S/C33H30N2O4/c1-22-8-14-27(35-32(37)33(16-17-33)25-13-15-30-31(19-25)39-21-38-30)20-28(22)23-9-11-24(12-10-23)29(36)7-4-6-26-5-2-3-18-34-26/h2-3,5,8-15,18-20H,4,6-7,16-17,21H2,1H3,(H,35,37). The lowest BCUT2D eigenvalue weighted by atomic mass is 9.94. The molecule has 1 aliphatic heterocycles. The number of aryl methyl sites for hydroxylation is 2. The number of ether oxygens (including phenoxy) is 2. The van der Waals surface area contributed by atoms with Crippen molar-refractivity contribution in [2.45, 2.75) is 44.4 Å². The minimum Gasteiger partial charge on any atom is -0.454 e. The number of pyridine rings is 1. The first kappa shape index (κ1) is 24.9. The van der Waals surface area contributed by atoms with Crippen molar-refractivity contribution in [3.63, 3.8) is 0 Å². The third kappa shape index (κ3) is 5.15. The third-order valence-electron chi connectivity index (χ3n) is 7.69. The molecule has 0 unspecified atom stereocenters. The lowest BCUT2D eigenvalue weighted by molar-refractivity contribution is -0.118. The molecule has 0 radical (unpaired) electrons. The molecule has 196 valence electrons. The number of aromatic nitrogens is 1. The molecule has 39 heavy (non-hydrogen) atoms. The number of hydrogen-bond acceptors (Lipinski definition) is 5. The predicted molar refractivity (Wildman–Crippen MR) is 150 cm³/mol.